The van der Waals surface area contributed by atoms with Crippen molar-refractivity contribution in [3.8, 4) is 0 Å². The lowest BCUT2D eigenvalue weighted by Crippen LogP contribution is -2.31. The highest BCUT2D eigenvalue weighted by molar-refractivity contribution is 7.10. The summed E-state index contributed by atoms with van der Waals surface area (Å²) in [7, 11) is 0. The number of amides is 1. The van der Waals surface area contributed by atoms with Gasteiger partial charge in [-0.2, -0.15) is 0 Å². The molecule has 112 valence electrons. The Morgan fingerprint density at radius 1 is 1.24 bits per heavy atom. The van der Waals surface area contributed by atoms with E-state index in [9.17, 15) is 4.79 Å². The van der Waals surface area contributed by atoms with E-state index in [1.165, 1.54) is 4.88 Å². The van der Waals surface area contributed by atoms with Crippen LogP contribution < -0.4 is 11.1 Å². The van der Waals surface area contributed by atoms with Crippen LogP contribution in [0, 0.1) is 19.8 Å². The Bertz CT molecular complexity index is 632. The van der Waals surface area contributed by atoms with Gasteiger partial charge in [0.15, 0.2) is 0 Å². The van der Waals surface area contributed by atoms with E-state index in [0.717, 1.165) is 11.1 Å². The van der Waals surface area contributed by atoms with E-state index >= 15 is 0 Å². The molecule has 2 rings (SSSR count). The van der Waals surface area contributed by atoms with E-state index in [1.807, 2.05) is 31.4 Å². The number of aryl methyl sites for hydroxylation is 2. The van der Waals surface area contributed by atoms with Gasteiger partial charge in [0.05, 0.1) is 6.04 Å². The molecule has 1 amide bonds. The van der Waals surface area contributed by atoms with Crippen molar-refractivity contribution in [3.05, 3.63) is 51.2 Å². The highest BCUT2D eigenvalue weighted by Gasteiger charge is 2.21. The van der Waals surface area contributed by atoms with Crippen LogP contribution in [-0.2, 0) is 0 Å². The second kappa shape index (κ2) is 6.31. The molecule has 3 nitrogen and oxygen atoms in total. The molecular weight excluding hydrogens is 280 g/mol. The summed E-state index contributed by atoms with van der Waals surface area (Å²) in [6, 6.07) is 7.83. The molecular formula is C17H22N2OS. The zero-order chi connectivity index (χ0) is 15.6. The van der Waals surface area contributed by atoms with Crippen LogP contribution in [0.25, 0.3) is 0 Å². The Hall–Kier alpha value is -1.81. The Morgan fingerprint density at radius 2 is 1.95 bits per heavy atom. The molecule has 0 spiro atoms. The fourth-order valence-corrected chi connectivity index (χ4v) is 3.32. The molecule has 21 heavy (non-hydrogen) atoms. The lowest BCUT2D eigenvalue weighted by molar-refractivity contribution is 0.0926. The van der Waals surface area contributed by atoms with Crippen molar-refractivity contribution in [2.75, 3.05) is 5.73 Å². The van der Waals surface area contributed by atoms with Gasteiger partial charge in [-0.25, -0.2) is 0 Å². The van der Waals surface area contributed by atoms with Gasteiger partial charge < -0.3 is 11.1 Å². The molecule has 0 bridgehead atoms. The summed E-state index contributed by atoms with van der Waals surface area (Å²) < 4.78 is 0. The van der Waals surface area contributed by atoms with E-state index in [-0.39, 0.29) is 11.9 Å². The summed E-state index contributed by atoms with van der Waals surface area (Å²) in [5.74, 6) is 0.266. The molecule has 1 atom stereocenters. The predicted molar refractivity (Wildman–Crippen MR) is 89.7 cm³/mol. The van der Waals surface area contributed by atoms with Crippen LogP contribution in [0.2, 0.25) is 0 Å². The topological polar surface area (TPSA) is 55.1 Å². The normalized spacial score (nSPS) is 12.4. The van der Waals surface area contributed by atoms with Crippen LogP contribution >= 0.6 is 11.3 Å². The number of rotatable bonds is 4. The molecule has 2 aromatic rings. The quantitative estimate of drug-likeness (QED) is 0.836. The fourth-order valence-electron chi connectivity index (χ4n) is 2.37. The predicted octanol–water partition coefficient (Wildman–Crippen LogP) is 4.07. The van der Waals surface area contributed by atoms with Crippen molar-refractivity contribution >= 4 is 22.9 Å². The van der Waals surface area contributed by atoms with Gasteiger partial charge in [0.25, 0.3) is 5.91 Å². The lowest BCUT2D eigenvalue weighted by Gasteiger charge is -2.22. The zero-order valence-corrected chi connectivity index (χ0v) is 13.8. The molecule has 1 unspecified atom stereocenters. The Morgan fingerprint density at radius 3 is 2.52 bits per heavy atom. The Balaban J connectivity index is 2.26. The number of carbonyl (C=O) groups excluding carboxylic acids is 1. The van der Waals surface area contributed by atoms with Gasteiger partial charge in [-0.15, -0.1) is 11.3 Å². The maximum atomic E-state index is 12.6. The average molecular weight is 302 g/mol. The number of nitrogens with two attached hydrogens (primary N) is 1. The molecule has 0 aliphatic heterocycles. The van der Waals surface area contributed by atoms with Gasteiger partial charge in [-0.3, -0.25) is 4.79 Å². The minimum Gasteiger partial charge on any atom is -0.398 e. The molecule has 0 aliphatic carbocycles. The summed E-state index contributed by atoms with van der Waals surface area (Å²) in [6.45, 7) is 8.12. The first kappa shape index (κ1) is 15.6. The number of nitrogen functional groups attached to an aromatic ring is 1. The molecule has 0 fully saturated rings. The lowest BCUT2D eigenvalue weighted by atomic mass is 10.00. The number of carbonyl (C=O) groups is 1. The first-order valence-corrected chi connectivity index (χ1v) is 7.99. The summed E-state index contributed by atoms with van der Waals surface area (Å²) in [5, 5.41) is 5.17. The number of benzene rings is 1. The highest BCUT2D eigenvalue weighted by Crippen LogP contribution is 2.27. The van der Waals surface area contributed by atoms with Gasteiger partial charge in [0.2, 0.25) is 0 Å². The van der Waals surface area contributed by atoms with E-state index < -0.39 is 0 Å². The monoisotopic (exact) mass is 302 g/mol. The molecule has 0 saturated heterocycles. The minimum absolute atomic E-state index is 0.0272. The molecule has 3 N–H and O–H groups in total. The van der Waals surface area contributed by atoms with Crippen molar-refractivity contribution in [2.45, 2.75) is 33.7 Å². The van der Waals surface area contributed by atoms with E-state index in [4.69, 9.17) is 5.73 Å². The first-order valence-electron chi connectivity index (χ1n) is 7.11. The van der Waals surface area contributed by atoms with Crippen LogP contribution in [0.15, 0.2) is 29.6 Å². The highest BCUT2D eigenvalue weighted by atomic mass is 32.1. The molecule has 0 aliphatic rings. The maximum absolute atomic E-state index is 12.6. The van der Waals surface area contributed by atoms with Crippen LogP contribution in [0.4, 0.5) is 5.69 Å². The van der Waals surface area contributed by atoms with Gasteiger partial charge in [-0.05, 0) is 48.4 Å². The van der Waals surface area contributed by atoms with Crippen molar-refractivity contribution < 1.29 is 4.79 Å². The number of hydrogen-bond donors (Lipinski definition) is 2. The second-order valence-corrected chi connectivity index (χ2v) is 6.71. The van der Waals surface area contributed by atoms with Crippen LogP contribution in [0.3, 0.4) is 0 Å². The third-order valence-electron chi connectivity index (χ3n) is 3.66. The largest absolute Gasteiger partial charge is 0.398 e. The molecule has 1 heterocycles. The summed E-state index contributed by atoms with van der Waals surface area (Å²) >= 11 is 1.67. The fraction of sp³-hybridized carbons (Fsp3) is 0.353. The third kappa shape index (κ3) is 3.45. The third-order valence-corrected chi connectivity index (χ3v) is 4.62. The maximum Gasteiger partial charge on any atom is 0.252 e. The zero-order valence-electron chi connectivity index (χ0n) is 12.9. The van der Waals surface area contributed by atoms with Crippen molar-refractivity contribution in [2.24, 2.45) is 5.92 Å². The summed E-state index contributed by atoms with van der Waals surface area (Å²) in [4.78, 5) is 13.8. The average Bonchev–Trinajstić information content (AvgIpc) is 2.93. The Labute approximate surface area is 130 Å². The second-order valence-electron chi connectivity index (χ2n) is 5.73. The number of anilines is 1. The van der Waals surface area contributed by atoms with Gasteiger partial charge >= 0.3 is 0 Å². The SMILES string of the molecule is Cc1cc(C)c(C(=O)NC(c2cccs2)C(C)C)cc1N. The molecule has 1 aromatic carbocycles. The molecule has 0 radical (unpaired) electrons. The van der Waals surface area contributed by atoms with Crippen LogP contribution in [0.5, 0.6) is 0 Å². The van der Waals surface area contributed by atoms with E-state index in [1.54, 1.807) is 17.4 Å². The van der Waals surface area contributed by atoms with E-state index in [0.29, 0.717) is 17.2 Å². The van der Waals surface area contributed by atoms with Crippen molar-refractivity contribution in [1.82, 2.24) is 5.32 Å². The van der Waals surface area contributed by atoms with Gasteiger partial charge in [-0.1, -0.05) is 26.0 Å². The minimum atomic E-state index is -0.0636. The number of hydrogen-bond acceptors (Lipinski definition) is 3. The molecule has 0 saturated carbocycles. The molecule has 1 aromatic heterocycles. The van der Waals surface area contributed by atoms with Gasteiger partial charge in [0, 0.05) is 16.1 Å². The summed E-state index contributed by atoms with van der Waals surface area (Å²) in [6.07, 6.45) is 0. The number of thiophene rings is 1. The first-order chi connectivity index (χ1) is 9.90. The summed E-state index contributed by atoms with van der Waals surface area (Å²) in [5.41, 5.74) is 9.20. The molecule has 4 heteroatoms. The van der Waals surface area contributed by atoms with Crippen LogP contribution in [0.1, 0.15) is 46.3 Å². The smallest absolute Gasteiger partial charge is 0.252 e. The van der Waals surface area contributed by atoms with Crippen LogP contribution in [-0.4, -0.2) is 5.91 Å². The number of nitrogens with one attached hydrogen (secondary N) is 1. The van der Waals surface area contributed by atoms with Gasteiger partial charge in [0.1, 0.15) is 0 Å². The van der Waals surface area contributed by atoms with E-state index in [2.05, 4.69) is 25.2 Å². The van der Waals surface area contributed by atoms with Crippen molar-refractivity contribution in [3.63, 3.8) is 0 Å². The standard InChI is InChI=1S/C17H22N2OS/c1-10(2)16(15-6-5-7-21-15)19-17(20)13-9-14(18)12(4)8-11(13)3/h5-10,16H,18H2,1-4H3,(H,19,20). The van der Waals surface area contributed by atoms with Crippen molar-refractivity contribution in [1.29, 1.82) is 0 Å². The Kier molecular flexibility index (Phi) is 4.68.